The third-order valence-electron chi connectivity index (χ3n) is 2.74. The molecule has 4 heteroatoms. The van der Waals surface area contributed by atoms with E-state index in [4.69, 9.17) is 4.74 Å². The number of rotatable bonds is 6. The molecule has 0 spiro atoms. The molecule has 2 N–H and O–H groups in total. The second-order valence-electron chi connectivity index (χ2n) is 5.03. The smallest absolute Gasteiger partial charge is 0.258 e. The van der Waals surface area contributed by atoms with Crippen LogP contribution in [0.2, 0.25) is 0 Å². The van der Waals surface area contributed by atoms with Gasteiger partial charge in [-0.15, -0.1) is 0 Å². The summed E-state index contributed by atoms with van der Waals surface area (Å²) in [6.07, 6.45) is 0. The number of carbonyl (C=O) groups excluding carboxylic acids is 1. The highest BCUT2D eigenvalue weighted by molar-refractivity contribution is 5.77. The van der Waals surface area contributed by atoms with E-state index in [0.29, 0.717) is 5.75 Å². The molecule has 0 fully saturated rings. The molecule has 0 aromatic heterocycles. The molecule has 0 saturated heterocycles. The van der Waals surface area contributed by atoms with E-state index in [2.05, 4.69) is 10.6 Å². The highest BCUT2D eigenvalue weighted by Gasteiger charge is 2.04. The first-order valence-corrected chi connectivity index (χ1v) is 6.98. The van der Waals surface area contributed by atoms with Crippen molar-refractivity contribution >= 4 is 17.3 Å². The molecule has 2 aromatic rings. The van der Waals surface area contributed by atoms with Crippen LogP contribution in [0, 0.1) is 0 Å². The second-order valence-corrected chi connectivity index (χ2v) is 5.03. The van der Waals surface area contributed by atoms with Crippen molar-refractivity contribution in [3.05, 3.63) is 54.6 Å². The molecular formula is C17H20N2O2. The third-order valence-corrected chi connectivity index (χ3v) is 2.74. The Morgan fingerprint density at radius 3 is 2.24 bits per heavy atom. The van der Waals surface area contributed by atoms with Crippen molar-refractivity contribution < 1.29 is 9.53 Å². The number of hydrogen-bond acceptors (Lipinski definition) is 3. The fraction of sp³-hybridized carbons (Fsp3) is 0.235. The zero-order valence-electron chi connectivity index (χ0n) is 12.3. The van der Waals surface area contributed by atoms with Gasteiger partial charge in [-0.05, 0) is 50.2 Å². The summed E-state index contributed by atoms with van der Waals surface area (Å²) in [4.78, 5) is 11.5. The van der Waals surface area contributed by atoms with Crippen LogP contribution in [0.3, 0.4) is 0 Å². The average molecular weight is 284 g/mol. The van der Waals surface area contributed by atoms with Crippen LogP contribution in [0.4, 0.5) is 11.4 Å². The minimum absolute atomic E-state index is 0.0314. The Hall–Kier alpha value is -2.49. The number of nitrogens with one attached hydrogen (secondary N) is 2. The van der Waals surface area contributed by atoms with Crippen molar-refractivity contribution in [3.63, 3.8) is 0 Å². The van der Waals surface area contributed by atoms with Crippen molar-refractivity contribution in [2.75, 3.05) is 11.9 Å². The standard InChI is InChI=1S/C17H20N2O2/c1-13(2)18-17(20)12-21-16-10-8-15(9-11-16)19-14-6-4-3-5-7-14/h3-11,13,19H,12H2,1-2H3,(H,18,20). The van der Waals surface area contributed by atoms with Crippen LogP contribution in [0.1, 0.15) is 13.8 Å². The second kappa shape index (κ2) is 7.33. The van der Waals surface area contributed by atoms with Crippen LogP contribution in [-0.2, 0) is 4.79 Å². The van der Waals surface area contributed by atoms with Gasteiger partial charge in [-0.3, -0.25) is 4.79 Å². The first-order chi connectivity index (χ1) is 10.1. The van der Waals surface area contributed by atoms with Gasteiger partial charge in [0.05, 0.1) is 0 Å². The monoisotopic (exact) mass is 284 g/mol. The first kappa shape index (κ1) is 14.9. The van der Waals surface area contributed by atoms with Crippen LogP contribution in [-0.4, -0.2) is 18.6 Å². The van der Waals surface area contributed by atoms with Gasteiger partial charge in [0.25, 0.3) is 5.91 Å². The first-order valence-electron chi connectivity index (χ1n) is 6.98. The van der Waals surface area contributed by atoms with Gasteiger partial charge in [-0.25, -0.2) is 0 Å². The lowest BCUT2D eigenvalue weighted by Gasteiger charge is -2.10. The lowest BCUT2D eigenvalue weighted by molar-refractivity contribution is -0.123. The molecule has 0 atom stereocenters. The molecule has 0 aliphatic rings. The van der Waals surface area contributed by atoms with Gasteiger partial charge in [0.15, 0.2) is 6.61 Å². The average Bonchev–Trinajstić information content (AvgIpc) is 2.47. The van der Waals surface area contributed by atoms with Gasteiger partial charge in [0.2, 0.25) is 0 Å². The molecule has 2 aromatic carbocycles. The molecule has 1 amide bonds. The summed E-state index contributed by atoms with van der Waals surface area (Å²) in [5, 5.41) is 6.07. The van der Waals surface area contributed by atoms with Crippen LogP contribution in [0.15, 0.2) is 54.6 Å². The SMILES string of the molecule is CC(C)NC(=O)COc1ccc(Nc2ccccc2)cc1. The molecule has 0 heterocycles. The molecule has 0 bridgehead atoms. The Bertz CT molecular complexity index is 565. The van der Waals surface area contributed by atoms with Gasteiger partial charge in [0, 0.05) is 17.4 Å². The van der Waals surface area contributed by atoms with E-state index < -0.39 is 0 Å². The number of amides is 1. The van der Waals surface area contributed by atoms with Crippen LogP contribution in [0.5, 0.6) is 5.75 Å². The minimum atomic E-state index is -0.114. The molecule has 110 valence electrons. The maximum atomic E-state index is 11.5. The number of ether oxygens (including phenoxy) is 1. The molecule has 0 unspecified atom stereocenters. The highest BCUT2D eigenvalue weighted by atomic mass is 16.5. The number of hydrogen-bond donors (Lipinski definition) is 2. The zero-order valence-corrected chi connectivity index (χ0v) is 12.3. The molecule has 0 radical (unpaired) electrons. The Morgan fingerprint density at radius 2 is 1.62 bits per heavy atom. The van der Waals surface area contributed by atoms with Gasteiger partial charge in [0.1, 0.15) is 5.75 Å². The van der Waals surface area contributed by atoms with Crippen LogP contribution < -0.4 is 15.4 Å². The van der Waals surface area contributed by atoms with E-state index in [9.17, 15) is 4.79 Å². The fourth-order valence-corrected chi connectivity index (χ4v) is 1.84. The van der Waals surface area contributed by atoms with E-state index in [1.54, 1.807) is 0 Å². The normalized spacial score (nSPS) is 10.2. The summed E-state index contributed by atoms with van der Waals surface area (Å²) in [5.74, 6) is 0.559. The van der Waals surface area contributed by atoms with E-state index >= 15 is 0 Å². The van der Waals surface area contributed by atoms with Crippen molar-refractivity contribution in [1.29, 1.82) is 0 Å². The molecule has 4 nitrogen and oxygen atoms in total. The summed E-state index contributed by atoms with van der Waals surface area (Å²) in [5.41, 5.74) is 2.00. The maximum absolute atomic E-state index is 11.5. The van der Waals surface area contributed by atoms with Crippen molar-refractivity contribution in [3.8, 4) is 5.75 Å². The quantitative estimate of drug-likeness (QED) is 0.855. The van der Waals surface area contributed by atoms with E-state index in [-0.39, 0.29) is 18.6 Å². The summed E-state index contributed by atoms with van der Waals surface area (Å²) < 4.78 is 5.43. The number of anilines is 2. The predicted molar refractivity (Wildman–Crippen MR) is 84.9 cm³/mol. The number of para-hydroxylation sites is 1. The topological polar surface area (TPSA) is 50.4 Å². The minimum Gasteiger partial charge on any atom is -0.484 e. The van der Waals surface area contributed by atoms with E-state index in [0.717, 1.165) is 11.4 Å². The summed E-state index contributed by atoms with van der Waals surface area (Å²) >= 11 is 0. The Morgan fingerprint density at radius 1 is 1.00 bits per heavy atom. The third kappa shape index (κ3) is 5.18. The van der Waals surface area contributed by atoms with Crippen LogP contribution in [0.25, 0.3) is 0 Å². The molecule has 0 aliphatic heterocycles. The van der Waals surface area contributed by atoms with Gasteiger partial charge < -0.3 is 15.4 Å². The Balaban J connectivity index is 1.86. The van der Waals surface area contributed by atoms with Crippen LogP contribution >= 0.6 is 0 Å². The van der Waals surface area contributed by atoms with E-state index in [1.165, 1.54) is 0 Å². The Kier molecular flexibility index (Phi) is 5.21. The fourth-order valence-electron chi connectivity index (χ4n) is 1.84. The summed E-state index contributed by atoms with van der Waals surface area (Å²) in [7, 11) is 0. The lowest BCUT2D eigenvalue weighted by atomic mass is 10.2. The number of benzene rings is 2. The Labute approximate surface area is 125 Å². The van der Waals surface area contributed by atoms with Gasteiger partial charge >= 0.3 is 0 Å². The maximum Gasteiger partial charge on any atom is 0.258 e. The molecular weight excluding hydrogens is 264 g/mol. The van der Waals surface area contributed by atoms with Crippen molar-refractivity contribution in [1.82, 2.24) is 5.32 Å². The molecule has 0 aliphatic carbocycles. The summed E-state index contributed by atoms with van der Waals surface area (Å²) in [6.45, 7) is 3.87. The molecule has 21 heavy (non-hydrogen) atoms. The van der Waals surface area contributed by atoms with Crippen molar-refractivity contribution in [2.24, 2.45) is 0 Å². The van der Waals surface area contributed by atoms with Gasteiger partial charge in [-0.1, -0.05) is 18.2 Å². The predicted octanol–water partition coefficient (Wildman–Crippen LogP) is 3.33. The lowest BCUT2D eigenvalue weighted by Crippen LogP contribution is -2.34. The zero-order chi connectivity index (χ0) is 15.1. The number of carbonyl (C=O) groups is 1. The molecule has 2 rings (SSSR count). The van der Waals surface area contributed by atoms with Gasteiger partial charge in [-0.2, -0.15) is 0 Å². The molecule has 0 saturated carbocycles. The summed E-state index contributed by atoms with van der Waals surface area (Å²) in [6, 6.07) is 17.6. The van der Waals surface area contributed by atoms with Crippen molar-refractivity contribution in [2.45, 2.75) is 19.9 Å². The highest BCUT2D eigenvalue weighted by Crippen LogP contribution is 2.19. The van der Waals surface area contributed by atoms with E-state index in [1.807, 2.05) is 68.4 Å². The largest absolute Gasteiger partial charge is 0.484 e.